The van der Waals surface area contributed by atoms with Gasteiger partial charge < -0.3 is 10.1 Å². The Morgan fingerprint density at radius 1 is 1.64 bits per heavy atom. The maximum atomic E-state index is 5.11. The highest BCUT2D eigenvalue weighted by molar-refractivity contribution is 9.10. The molecule has 0 fully saturated rings. The molecule has 1 aromatic rings. The summed E-state index contributed by atoms with van der Waals surface area (Å²) in [5.74, 6) is 0.538. The molecule has 1 rings (SSSR count). The Bertz CT molecular complexity index is 352. The van der Waals surface area contributed by atoms with Gasteiger partial charge in [0, 0.05) is 19.5 Å². The van der Waals surface area contributed by atoms with Crippen LogP contribution in [0.1, 0.15) is 6.92 Å². The third kappa shape index (κ3) is 2.04. The minimum Gasteiger partial charge on any atom is -0.479 e. The summed E-state index contributed by atoms with van der Waals surface area (Å²) in [5, 5.41) is 3.01. The number of halogens is 1. The van der Waals surface area contributed by atoms with Gasteiger partial charge in [0.2, 0.25) is 5.88 Å². The Balaban J connectivity index is 3.34. The van der Waals surface area contributed by atoms with Crippen molar-refractivity contribution < 1.29 is 4.74 Å². The molecule has 0 aliphatic heterocycles. The van der Waals surface area contributed by atoms with Gasteiger partial charge in [0.15, 0.2) is 0 Å². The number of methoxy groups -OCH3 is 1. The number of ether oxygens (including phenoxy) is 1. The van der Waals surface area contributed by atoms with Gasteiger partial charge in [-0.15, -0.1) is 0 Å². The number of hydrogen-bond acceptors (Lipinski definition) is 4. The van der Waals surface area contributed by atoms with E-state index in [9.17, 15) is 0 Å². The van der Waals surface area contributed by atoms with Gasteiger partial charge in [-0.1, -0.05) is 0 Å². The maximum absolute atomic E-state index is 5.11. The van der Waals surface area contributed by atoms with Crippen molar-refractivity contribution in [3.63, 3.8) is 0 Å². The van der Waals surface area contributed by atoms with E-state index in [-0.39, 0.29) is 0 Å². The highest BCUT2D eigenvalue weighted by Gasteiger charge is 2.11. The zero-order chi connectivity index (χ0) is 10.6. The van der Waals surface area contributed by atoms with Crippen LogP contribution in [-0.4, -0.2) is 25.4 Å². The Kier molecular flexibility index (Phi) is 3.88. The molecule has 0 aliphatic carbocycles. The molecule has 4 nitrogen and oxygen atoms in total. The molecule has 5 heteroatoms. The van der Waals surface area contributed by atoms with Crippen molar-refractivity contribution in [1.82, 2.24) is 4.98 Å². The van der Waals surface area contributed by atoms with E-state index in [4.69, 9.17) is 4.74 Å². The zero-order valence-corrected chi connectivity index (χ0v) is 9.92. The third-order valence-corrected chi connectivity index (χ3v) is 2.25. The molecule has 0 aromatic carbocycles. The van der Waals surface area contributed by atoms with E-state index in [2.05, 4.69) is 31.2 Å². The topological polar surface area (TPSA) is 46.5 Å². The Hall–Kier alpha value is -1.10. The fourth-order valence-corrected chi connectivity index (χ4v) is 1.50. The molecule has 14 heavy (non-hydrogen) atoms. The van der Waals surface area contributed by atoms with E-state index in [1.165, 1.54) is 0 Å². The van der Waals surface area contributed by atoms with Crippen LogP contribution in [0.4, 0.5) is 11.4 Å². The number of rotatable bonds is 3. The van der Waals surface area contributed by atoms with E-state index in [1.807, 2.05) is 6.92 Å². The highest BCUT2D eigenvalue weighted by Crippen LogP contribution is 2.38. The molecule has 0 saturated heterocycles. The summed E-state index contributed by atoms with van der Waals surface area (Å²) in [6.45, 7) is 1.86. The summed E-state index contributed by atoms with van der Waals surface area (Å²) in [5.41, 5.74) is 1.57. The van der Waals surface area contributed by atoms with Crippen LogP contribution in [-0.2, 0) is 0 Å². The number of aliphatic imine (C=N–C) groups is 1. The smallest absolute Gasteiger partial charge is 0.239 e. The molecule has 0 atom stereocenters. The normalized spacial score (nSPS) is 10.6. The molecule has 0 aliphatic rings. The van der Waals surface area contributed by atoms with Crippen LogP contribution < -0.4 is 10.1 Å². The van der Waals surface area contributed by atoms with E-state index in [1.54, 1.807) is 26.6 Å². The summed E-state index contributed by atoms with van der Waals surface area (Å²) in [4.78, 5) is 8.34. The number of anilines is 1. The predicted octanol–water partition coefficient (Wildman–Crippen LogP) is 2.62. The lowest BCUT2D eigenvalue weighted by Gasteiger charge is -2.10. The van der Waals surface area contributed by atoms with Crippen LogP contribution in [0.3, 0.4) is 0 Å². The monoisotopic (exact) mass is 257 g/mol. The van der Waals surface area contributed by atoms with E-state index >= 15 is 0 Å². The first kappa shape index (κ1) is 11.0. The van der Waals surface area contributed by atoms with Crippen LogP contribution in [0.25, 0.3) is 0 Å². The molecule has 1 N–H and O–H groups in total. The van der Waals surface area contributed by atoms with Crippen molar-refractivity contribution >= 4 is 33.5 Å². The van der Waals surface area contributed by atoms with E-state index in [0.29, 0.717) is 5.88 Å². The minimum absolute atomic E-state index is 0.538. The van der Waals surface area contributed by atoms with E-state index < -0.39 is 0 Å². The molecule has 0 amide bonds. The molecular weight excluding hydrogens is 246 g/mol. The number of nitrogens with zero attached hydrogens (tertiary/aromatic N) is 2. The van der Waals surface area contributed by atoms with Crippen LogP contribution >= 0.6 is 15.9 Å². The van der Waals surface area contributed by atoms with Gasteiger partial charge in [0.25, 0.3) is 0 Å². The Labute approximate surface area is 91.5 Å². The lowest BCUT2D eigenvalue weighted by atomic mass is 10.3. The van der Waals surface area contributed by atoms with Crippen molar-refractivity contribution in [3.8, 4) is 5.88 Å². The lowest BCUT2D eigenvalue weighted by molar-refractivity contribution is 0.400. The van der Waals surface area contributed by atoms with Crippen molar-refractivity contribution in [2.45, 2.75) is 6.92 Å². The molecule has 76 valence electrons. The summed E-state index contributed by atoms with van der Waals surface area (Å²) in [7, 11) is 3.39. The second-order valence-corrected chi connectivity index (χ2v) is 3.33. The van der Waals surface area contributed by atoms with Crippen molar-refractivity contribution in [2.24, 2.45) is 4.99 Å². The van der Waals surface area contributed by atoms with Gasteiger partial charge >= 0.3 is 0 Å². The molecule has 1 heterocycles. The largest absolute Gasteiger partial charge is 0.479 e. The van der Waals surface area contributed by atoms with Crippen molar-refractivity contribution in [1.29, 1.82) is 0 Å². The van der Waals surface area contributed by atoms with Crippen LogP contribution in [0.2, 0.25) is 0 Å². The second kappa shape index (κ2) is 4.95. The first-order valence-electron chi connectivity index (χ1n) is 4.13. The predicted molar refractivity (Wildman–Crippen MR) is 61.9 cm³/mol. The van der Waals surface area contributed by atoms with Gasteiger partial charge in [-0.2, -0.15) is 0 Å². The summed E-state index contributed by atoms with van der Waals surface area (Å²) in [6, 6.07) is 0. The summed E-state index contributed by atoms with van der Waals surface area (Å²) in [6.07, 6.45) is 3.39. The van der Waals surface area contributed by atoms with Gasteiger partial charge in [-0.05, 0) is 22.9 Å². The number of nitrogens with one attached hydrogen (secondary N) is 1. The maximum Gasteiger partial charge on any atom is 0.239 e. The fraction of sp³-hybridized carbons (Fsp3) is 0.333. The van der Waals surface area contributed by atoms with Gasteiger partial charge in [-0.3, -0.25) is 4.99 Å². The molecule has 1 aromatic heterocycles. The first-order chi connectivity index (χ1) is 6.74. The third-order valence-electron chi connectivity index (χ3n) is 1.67. The van der Waals surface area contributed by atoms with Crippen LogP contribution in [0.15, 0.2) is 15.7 Å². The Morgan fingerprint density at radius 2 is 2.36 bits per heavy atom. The summed E-state index contributed by atoms with van der Waals surface area (Å²) < 4.78 is 5.94. The number of aromatic nitrogens is 1. The molecule has 0 radical (unpaired) electrons. The molecule has 0 saturated carbocycles. The van der Waals surface area contributed by atoms with Gasteiger partial charge in [0.1, 0.15) is 11.4 Å². The van der Waals surface area contributed by atoms with Crippen molar-refractivity contribution in [2.75, 3.05) is 19.5 Å². The average molecular weight is 258 g/mol. The molecular formula is C9H12BrN3O. The first-order valence-corrected chi connectivity index (χ1v) is 4.92. The molecule has 0 spiro atoms. The highest BCUT2D eigenvalue weighted by atomic mass is 79.9. The number of hydrogen-bond donors (Lipinski definition) is 1. The zero-order valence-electron chi connectivity index (χ0n) is 8.34. The summed E-state index contributed by atoms with van der Waals surface area (Å²) >= 11 is 3.38. The SMILES string of the molecule is CC=Nc1c(Br)cnc(OC)c1NC. The lowest BCUT2D eigenvalue weighted by Crippen LogP contribution is -1.97. The average Bonchev–Trinajstić information content (AvgIpc) is 2.21. The van der Waals surface area contributed by atoms with Crippen molar-refractivity contribution in [3.05, 3.63) is 10.7 Å². The van der Waals surface area contributed by atoms with Gasteiger partial charge in [-0.25, -0.2) is 4.98 Å². The van der Waals surface area contributed by atoms with Crippen LogP contribution in [0.5, 0.6) is 5.88 Å². The quantitative estimate of drug-likeness (QED) is 0.847. The molecule has 0 unspecified atom stereocenters. The minimum atomic E-state index is 0.538. The van der Waals surface area contributed by atoms with Crippen LogP contribution in [0, 0.1) is 0 Å². The second-order valence-electron chi connectivity index (χ2n) is 2.48. The van der Waals surface area contributed by atoms with E-state index in [0.717, 1.165) is 15.8 Å². The van der Waals surface area contributed by atoms with Gasteiger partial charge in [0.05, 0.1) is 11.6 Å². The Morgan fingerprint density at radius 3 is 2.86 bits per heavy atom. The standard InChI is InChI=1S/C9H12BrN3O/c1-4-12-7-6(10)5-13-9(14-3)8(7)11-2/h4-5,11H,1-3H3. The number of pyridine rings is 1. The fourth-order valence-electron chi connectivity index (χ4n) is 1.10. The molecule has 0 bridgehead atoms.